The molecule has 1 aromatic rings. The second kappa shape index (κ2) is 6.53. The van der Waals surface area contributed by atoms with E-state index in [0.29, 0.717) is 5.92 Å². The fraction of sp³-hybridized carbons (Fsp3) is 0.533. The highest BCUT2D eigenvalue weighted by Crippen LogP contribution is 2.23. The molecule has 18 heavy (non-hydrogen) atoms. The molecule has 0 aromatic heterocycles. The van der Waals surface area contributed by atoms with Crippen LogP contribution in [-0.4, -0.2) is 17.8 Å². The predicted molar refractivity (Wildman–Crippen MR) is 70.8 cm³/mol. The molecule has 3 heteroatoms. The van der Waals surface area contributed by atoms with Crippen LogP contribution in [0.5, 0.6) is 0 Å². The molecule has 1 aliphatic rings. The number of nitriles is 1. The van der Waals surface area contributed by atoms with Crippen molar-refractivity contribution in [1.29, 1.82) is 5.26 Å². The van der Waals surface area contributed by atoms with Gasteiger partial charge in [-0.3, -0.25) is 0 Å². The Balaban J connectivity index is 1.77. The highest BCUT2D eigenvalue weighted by molar-refractivity contribution is 5.37. The van der Waals surface area contributed by atoms with Crippen LogP contribution in [0.1, 0.15) is 36.8 Å². The van der Waals surface area contributed by atoms with E-state index < -0.39 is 0 Å². The lowest BCUT2D eigenvalue weighted by molar-refractivity contribution is 0.108. The van der Waals surface area contributed by atoms with Gasteiger partial charge in [0.1, 0.15) is 0 Å². The molecule has 1 aromatic carbocycles. The number of nitrogens with zero attached hydrogens (tertiary/aromatic N) is 1. The SMILES string of the molecule is N#Cc1ccccc1CNCC1CCC(O)CC1. The molecule has 96 valence electrons. The average molecular weight is 244 g/mol. The Hall–Kier alpha value is -1.37. The van der Waals surface area contributed by atoms with E-state index >= 15 is 0 Å². The van der Waals surface area contributed by atoms with Crippen molar-refractivity contribution in [3.05, 3.63) is 35.4 Å². The van der Waals surface area contributed by atoms with Crippen LogP contribution in [0.3, 0.4) is 0 Å². The van der Waals surface area contributed by atoms with Crippen molar-refractivity contribution < 1.29 is 5.11 Å². The van der Waals surface area contributed by atoms with E-state index in [9.17, 15) is 5.11 Å². The van der Waals surface area contributed by atoms with E-state index in [4.69, 9.17) is 5.26 Å². The summed E-state index contributed by atoms with van der Waals surface area (Å²) < 4.78 is 0. The molecule has 1 saturated carbocycles. The summed E-state index contributed by atoms with van der Waals surface area (Å²) in [7, 11) is 0. The van der Waals surface area contributed by atoms with Crippen LogP contribution in [0.4, 0.5) is 0 Å². The molecule has 3 nitrogen and oxygen atoms in total. The molecule has 0 amide bonds. The molecule has 1 fully saturated rings. The van der Waals surface area contributed by atoms with E-state index in [0.717, 1.165) is 49.9 Å². The number of nitrogens with one attached hydrogen (secondary N) is 1. The van der Waals surface area contributed by atoms with Crippen LogP contribution >= 0.6 is 0 Å². The van der Waals surface area contributed by atoms with Crippen molar-refractivity contribution in [2.75, 3.05) is 6.54 Å². The topological polar surface area (TPSA) is 56.0 Å². The lowest BCUT2D eigenvalue weighted by Gasteiger charge is -2.25. The van der Waals surface area contributed by atoms with Crippen molar-refractivity contribution in [3.63, 3.8) is 0 Å². The molecule has 0 unspecified atom stereocenters. The van der Waals surface area contributed by atoms with Gasteiger partial charge in [0.05, 0.1) is 17.7 Å². The monoisotopic (exact) mass is 244 g/mol. The summed E-state index contributed by atoms with van der Waals surface area (Å²) in [6.07, 6.45) is 3.99. The second-order valence-corrected chi connectivity index (χ2v) is 5.07. The summed E-state index contributed by atoms with van der Waals surface area (Å²) in [5, 5.41) is 21.9. The van der Waals surface area contributed by atoms with Gasteiger partial charge in [-0.05, 0) is 49.8 Å². The number of benzene rings is 1. The summed E-state index contributed by atoms with van der Waals surface area (Å²) in [5.41, 5.74) is 1.82. The largest absolute Gasteiger partial charge is 0.393 e. The third kappa shape index (κ3) is 3.56. The highest BCUT2D eigenvalue weighted by atomic mass is 16.3. The third-order valence-electron chi connectivity index (χ3n) is 3.70. The normalized spacial score (nSPS) is 23.6. The fourth-order valence-corrected chi connectivity index (χ4v) is 2.54. The van der Waals surface area contributed by atoms with Gasteiger partial charge >= 0.3 is 0 Å². The number of aliphatic hydroxyl groups excluding tert-OH is 1. The standard InChI is InChI=1S/C15H20N2O/c16-9-13-3-1-2-4-14(13)11-17-10-12-5-7-15(18)8-6-12/h1-4,12,15,17-18H,5-8,10-11H2. The zero-order valence-electron chi connectivity index (χ0n) is 10.6. The van der Waals surface area contributed by atoms with Crippen LogP contribution in [0.25, 0.3) is 0 Å². The molecule has 0 heterocycles. The van der Waals surface area contributed by atoms with Gasteiger partial charge in [-0.25, -0.2) is 0 Å². The minimum atomic E-state index is -0.0828. The van der Waals surface area contributed by atoms with Crippen LogP contribution in [0.15, 0.2) is 24.3 Å². The maximum atomic E-state index is 9.44. The zero-order chi connectivity index (χ0) is 12.8. The Morgan fingerprint density at radius 1 is 1.22 bits per heavy atom. The van der Waals surface area contributed by atoms with Crippen molar-refractivity contribution in [1.82, 2.24) is 5.32 Å². The van der Waals surface area contributed by atoms with Crippen molar-refractivity contribution in [3.8, 4) is 6.07 Å². The molecular weight excluding hydrogens is 224 g/mol. The first-order chi connectivity index (χ1) is 8.79. The molecule has 1 aliphatic carbocycles. The van der Waals surface area contributed by atoms with Gasteiger partial charge in [0.2, 0.25) is 0 Å². The maximum absolute atomic E-state index is 9.44. The molecule has 0 radical (unpaired) electrons. The smallest absolute Gasteiger partial charge is 0.0995 e. The van der Waals surface area contributed by atoms with Crippen molar-refractivity contribution in [2.24, 2.45) is 5.92 Å². The van der Waals surface area contributed by atoms with Gasteiger partial charge in [0, 0.05) is 6.54 Å². The Morgan fingerprint density at radius 2 is 1.94 bits per heavy atom. The minimum absolute atomic E-state index is 0.0828. The van der Waals surface area contributed by atoms with E-state index in [1.165, 1.54) is 0 Å². The molecule has 0 saturated heterocycles. The maximum Gasteiger partial charge on any atom is 0.0995 e. The van der Waals surface area contributed by atoms with E-state index in [1.54, 1.807) is 0 Å². The molecule has 2 rings (SSSR count). The summed E-state index contributed by atoms with van der Waals surface area (Å²) >= 11 is 0. The first kappa shape index (κ1) is 13.1. The van der Waals surface area contributed by atoms with E-state index in [2.05, 4.69) is 11.4 Å². The number of aliphatic hydroxyl groups is 1. The summed E-state index contributed by atoms with van der Waals surface area (Å²) in [6.45, 7) is 1.73. The molecule has 0 spiro atoms. The van der Waals surface area contributed by atoms with Crippen LogP contribution < -0.4 is 5.32 Å². The van der Waals surface area contributed by atoms with Gasteiger partial charge in [0.25, 0.3) is 0 Å². The molecule has 0 atom stereocenters. The minimum Gasteiger partial charge on any atom is -0.393 e. The Bertz CT molecular complexity index is 417. The Labute approximate surface area is 108 Å². The van der Waals surface area contributed by atoms with Gasteiger partial charge in [-0.2, -0.15) is 5.26 Å². The molecule has 2 N–H and O–H groups in total. The zero-order valence-corrected chi connectivity index (χ0v) is 10.6. The lowest BCUT2D eigenvalue weighted by Crippen LogP contribution is -2.27. The molecular formula is C15H20N2O. The Kier molecular flexibility index (Phi) is 4.74. The first-order valence-electron chi connectivity index (χ1n) is 6.66. The summed E-state index contributed by atoms with van der Waals surface area (Å²) in [5.74, 6) is 0.669. The van der Waals surface area contributed by atoms with Gasteiger partial charge < -0.3 is 10.4 Å². The van der Waals surface area contributed by atoms with Gasteiger partial charge in [-0.15, -0.1) is 0 Å². The van der Waals surface area contributed by atoms with Crippen LogP contribution in [0, 0.1) is 17.2 Å². The van der Waals surface area contributed by atoms with Gasteiger partial charge in [-0.1, -0.05) is 18.2 Å². The molecule has 0 aliphatic heterocycles. The quantitative estimate of drug-likeness (QED) is 0.853. The van der Waals surface area contributed by atoms with Gasteiger partial charge in [0.15, 0.2) is 0 Å². The van der Waals surface area contributed by atoms with E-state index in [1.807, 2.05) is 24.3 Å². The van der Waals surface area contributed by atoms with Crippen LogP contribution in [0.2, 0.25) is 0 Å². The third-order valence-corrected chi connectivity index (χ3v) is 3.70. The second-order valence-electron chi connectivity index (χ2n) is 5.07. The van der Waals surface area contributed by atoms with Crippen molar-refractivity contribution in [2.45, 2.75) is 38.3 Å². The summed E-state index contributed by atoms with van der Waals surface area (Å²) in [6, 6.07) is 9.93. The number of hydrogen-bond acceptors (Lipinski definition) is 3. The van der Waals surface area contributed by atoms with Crippen molar-refractivity contribution >= 4 is 0 Å². The van der Waals surface area contributed by atoms with E-state index in [-0.39, 0.29) is 6.10 Å². The number of hydrogen-bond donors (Lipinski definition) is 2. The molecule has 0 bridgehead atoms. The first-order valence-corrected chi connectivity index (χ1v) is 6.66. The van der Waals surface area contributed by atoms with Crippen LogP contribution in [-0.2, 0) is 6.54 Å². The average Bonchev–Trinajstić information content (AvgIpc) is 2.41. The predicted octanol–water partition coefficient (Wildman–Crippen LogP) is 2.20. The summed E-state index contributed by atoms with van der Waals surface area (Å²) in [4.78, 5) is 0. The lowest BCUT2D eigenvalue weighted by atomic mass is 9.87. The highest BCUT2D eigenvalue weighted by Gasteiger charge is 2.18. The number of rotatable bonds is 4. The fourth-order valence-electron chi connectivity index (χ4n) is 2.54. The Morgan fingerprint density at radius 3 is 2.67 bits per heavy atom.